The smallest absolute Gasteiger partial charge is 0.142 e. The molecule has 0 bridgehead atoms. The van der Waals surface area contributed by atoms with Crippen molar-refractivity contribution in [2.24, 2.45) is 5.73 Å². The molecule has 1 atom stereocenters. The Labute approximate surface area is 49.4 Å². The molecule has 2 nitrogen and oxygen atoms in total. The van der Waals surface area contributed by atoms with Gasteiger partial charge in [-0.15, -0.1) is 0 Å². The number of nitrogens with two attached hydrogens (primary N) is 1. The van der Waals surface area contributed by atoms with Crippen LogP contribution in [-0.4, -0.2) is 12.3 Å². The molecule has 2 N–H and O–H groups in total. The van der Waals surface area contributed by atoms with Crippen LogP contribution in [-0.2, 0) is 4.79 Å². The van der Waals surface area contributed by atoms with E-state index < -0.39 is 0 Å². The van der Waals surface area contributed by atoms with Gasteiger partial charge in [-0.1, -0.05) is 6.08 Å². The van der Waals surface area contributed by atoms with Crippen LogP contribution < -0.4 is 5.73 Å². The van der Waals surface area contributed by atoms with E-state index >= 15 is 0 Å². The van der Waals surface area contributed by atoms with Gasteiger partial charge in [0, 0.05) is 6.04 Å². The summed E-state index contributed by atoms with van der Waals surface area (Å²) in [4.78, 5) is 9.66. The fraction of sp³-hybridized carbons (Fsp3) is 0.500. The topological polar surface area (TPSA) is 43.1 Å². The first-order valence-electron chi connectivity index (χ1n) is 2.63. The van der Waals surface area contributed by atoms with Gasteiger partial charge in [-0.05, 0) is 19.4 Å². The van der Waals surface area contributed by atoms with Crippen LogP contribution in [0.2, 0.25) is 0 Å². The first-order chi connectivity index (χ1) is 3.77. The molecule has 2 heteroatoms. The molecule has 8 heavy (non-hydrogen) atoms. The molecular weight excluding hydrogens is 102 g/mol. The average Bonchev–Trinajstić information content (AvgIpc) is 1.66. The third kappa shape index (κ3) is 5.37. The Balaban J connectivity index is 3.15. The summed E-state index contributed by atoms with van der Waals surface area (Å²) in [5.41, 5.74) is 5.37. The minimum absolute atomic E-state index is 0.159. The fourth-order valence-electron chi connectivity index (χ4n) is 0.349. The number of carbonyl (C=O) groups is 1. The lowest BCUT2D eigenvalue weighted by Crippen LogP contribution is -2.12. The van der Waals surface area contributed by atoms with Crippen molar-refractivity contribution in [1.82, 2.24) is 0 Å². The molecule has 0 fully saturated rings. The highest BCUT2D eigenvalue weighted by atomic mass is 16.1. The summed E-state index contributed by atoms with van der Waals surface area (Å²) in [6.07, 6.45) is 4.75. The van der Waals surface area contributed by atoms with Crippen LogP contribution in [0, 0.1) is 0 Å². The average molecular weight is 113 g/mol. The van der Waals surface area contributed by atoms with Crippen LogP contribution in [0.15, 0.2) is 12.2 Å². The van der Waals surface area contributed by atoms with Crippen LogP contribution in [0.25, 0.3) is 0 Å². The van der Waals surface area contributed by atoms with E-state index in [4.69, 9.17) is 5.73 Å². The summed E-state index contributed by atoms with van der Waals surface area (Å²) in [6, 6.07) is 0.159. The molecule has 0 aromatic rings. The minimum Gasteiger partial charge on any atom is -0.328 e. The van der Waals surface area contributed by atoms with Gasteiger partial charge < -0.3 is 5.73 Å². The van der Waals surface area contributed by atoms with Crippen molar-refractivity contribution in [3.05, 3.63) is 12.2 Å². The maximum absolute atomic E-state index is 9.66. The molecule has 46 valence electrons. The molecule has 0 saturated carbocycles. The number of hydrogen-bond donors (Lipinski definition) is 1. The zero-order chi connectivity index (χ0) is 6.41. The Morgan fingerprint density at radius 3 is 2.75 bits per heavy atom. The van der Waals surface area contributed by atoms with Gasteiger partial charge in [0.2, 0.25) is 0 Å². The zero-order valence-electron chi connectivity index (χ0n) is 5.00. The fourth-order valence-corrected chi connectivity index (χ4v) is 0.349. The van der Waals surface area contributed by atoms with Crippen LogP contribution >= 0.6 is 0 Å². The second-order valence-electron chi connectivity index (χ2n) is 1.78. The number of carbonyl (C=O) groups excluding carboxylic acids is 1. The SMILES string of the molecule is CC(N)CC=CC=O. The maximum atomic E-state index is 9.66. The standard InChI is InChI=1S/C6H11NO/c1-6(7)4-2-3-5-8/h2-3,5-6H,4,7H2,1H3. The number of aldehydes is 1. The number of hydrogen-bond acceptors (Lipinski definition) is 2. The largest absolute Gasteiger partial charge is 0.328 e. The van der Waals surface area contributed by atoms with Crippen molar-refractivity contribution in [1.29, 1.82) is 0 Å². The van der Waals surface area contributed by atoms with E-state index in [-0.39, 0.29) is 6.04 Å². The van der Waals surface area contributed by atoms with Crippen LogP contribution in [0.3, 0.4) is 0 Å². The van der Waals surface area contributed by atoms with Crippen molar-refractivity contribution in [2.45, 2.75) is 19.4 Å². The molecule has 0 radical (unpaired) electrons. The third-order valence-electron chi connectivity index (χ3n) is 0.723. The normalized spacial score (nSPS) is 14.2. The lowest BCUT2D eigenvalue weighted by molar-refractivity contribution is -0.104. The molecule has 0 aromatic carbocycles. The molecule has 0 spiro atoms. The summed E-state index contributed by atoms with van der Waals surface area (Å²) in [7, 11) is 0. The first kappa shape index (κ1) is 7.37. The van der Waals surface area contributed by atoms with E-state index in [0.717, 1.165) is 12.7 Å². The van der Waals surface area contributed by atoms with Gasteiger partial charge in [0.25, 0.3) is 0 Å². The van der Waals surface area contributed by atoms with Gasteiger partial charge in [-0.25, -0.2) is 0 Å². The Morgan fingerprint density at radius 1 is 1.75 bits per heavy atom. The zero-order valence-corrected chi connectivity index (χ0v) is 5.00. The van der Waals surface area contributed by atoms with Crippen molar-refractivity contribution < 1.29 is 4.79 Å². The van der Waals surface area contributed by atoms with Gasteiger partial charge in [0.15, 0.2) is 0 Å². The first-order valence-corrected chi connectivity index (χ1v) is 2.63. The highest BCUT2D eigenvalue weighted by Gasteiger charge is 1.84. The van der Waals surface area contributed by atoms with Crippen LogP contribution in [0.5, 0.6) is 0 Å². The van der Waals surface area contributed by atoms with E-state index in [2.05, 4.69) is 0 Å². The highest BCUT2D eigenvalue weighted by Crippen LogP contribution is 1.85. The molecule has 0 heterocycles. The number of allylic oxidation sites excluding steroid dienone is 1. The predicted octanol–water partition coefficient (Wildman–Crippen LogP) is 0.479. The Bertz CT molecular complexity index is 86.5. The second kappa shape index (κ2) is 4.53. The lowest BCUT2D eigenvalue weighted by Gasteiger charge is -1.94. The minimum atomic E-state index is 0.159. The number of rotatable bonds is 3. The molecule has 1 unspecified atom stereocenters. The Kier molecular flexibility index (Phi) is 4.17. The third-order valence-corrected chi connectivity index (χ3v) is 0.723. The van der Waals surface area contributed by atoms with Gasteiger partial charge in [-0.2, -0.15) is 0 Å². The molecule has 0 saturated heterocycles. The van der Waals surface area contributed by atoms with E-state index in [9.17, 15) is 4.79 Å². The molecule has 0 aliphatic carbocycles. The quantitative estimate of drug-likeness (QED) is 0.427. The maximum Gasteiger partial charge on any atom is 0.142 e. The van der Waals surface area contributed by atoms with E-state index in [1.807, 2.05) is 6.92 Å². The highest BCUT2D eigenvalue weighted by molar-refractivity contribution is 5.64. The van der Waals surface area contributed by atoms with Crippen molar-refractivity contribution in [3.8, 4) is 0 Å². The Hall–Kier alpha value is -0.630. The van der Waals surface area contributed by atoms with Gasteiger partial charge >= 0.3 is 0 Å². The molecule has 0 amide bonds. The summed E-state index contributed by atoms with van der Waals surface area (Å²) in [5, 5.41) is 0. The van der Waals surface area contributed by atoms with Crippen LogP contribution in [0.4, 0.5) is 0 Å². The molecule has 0 aliphatic rings. The van der Waals surface area contributed by atoms with Crippen LogP contribution in [0.1, 0.15) is 13.3 Å². The van der Waals surface area contributed by atoms with Gasteiger partial charge in [-0.3, -0.25) is 4.79 Å². The monoisotopic (exact) mass is 113 g/mol. The second-order valence-corrected chi connectivity index (χ2v) is 1.78. The molecule has 0 rings (SSSR count). The van der Waals surface area contributed by atoms with E-state index in [1.54, 1.807) is 6.08 Å². The summed E-state index contributed by atoms with van der Waals surface area (Å²) in [6.45, 7) is 1.90. The van der Waals surface area contributed by atoms with E-state index in [1.165, 1.54) is 6.08 Å². The summed E-state index contributed by atoms with van der Waals surface area (Å²) < 4.78 is 0. The molecular formula is C6H11NO. The van der Waals surface area contributed by atoms with Crippen molar-refractivity contribution in [3.63, 3.8) is 0 Å². The van der Waals surface area contributed by atoms with Crippen molar-refractivity contribution >= 4 is 6.29 Å². The van der Waals surface area contributed by atoms with E-state index in [0.29, 0.717) is 0 Å². The Morgan fingerprint density at radius 2 is 2.38 bits per heavy atom. The molecule has 0 aromatic heterocycles. The summed E-state index contributed by atoms with van der Waals surface area (Å²) >= 11 is 0. The van der Waals surface area contributed by atoms with Gasteiger partial charge in [0.1, 0.15) is 6.29 Å². The molecule has 0 aliphatic heterocycles. The van der Waals surface area contributed by atoms with Gasteiger partial charge in [0.05, 0.1) is 0 Å². The predicted molar refractivity (Wildman–Crippen MR) is 33.5 cm³/mol. The van der Waals surface area contributed by atoms with Crippen molar-refractivity contribution in [2.75, 3.05) is 0 Å². The lowest BCUT2D eigenvalue weighted by atomic mass is 10.2. The summed E-state index contributed by atoms with van der Waals surface area (Å²) in [5.74, 6) is 0.